The van der Waals surface area contributed by atoms with Crippen LogP contribution in [0.4, 0.5) is 23.0 Å². The second-order valence-electron chi connectivity index (χ2n) is 10.5. The largest absolute Gasteiger partial charge is 0.494 e. The minimum absolute atomic E-state index is 0.453. The maximum absolute atomic E-state index is 11.4. The van der Waals surface area contributed by atoms with Crippen LogP contribution in [-0.2, 0) is 17.8 Å². The number of benzene rings is 2. The van der Waals surface area contributed by atoms with Crippen LogP contribution in [0.3, 0.4) is 0 Å². The Hall–Kier alpha value is -4.37. The molecule has 200 valence electrons. The van der Waals surface area contributed by atoms with Gasteiger partial charge < -0.3 is 30.2 Å². The van der Waals surface area contributed by atoms with Crippen LogP contribution in [-0.4, -0.2) is 66.1 Å². The summed E-state index contributed by atoms with van der Waals surface area (Å²) in [5, 5.41) is 4.39. The number of hydrogen-bond acceptors (Lipinski definition) is 8. The van der Waals surface area contributed by atoms with E-state index in [4.69, 9.17) is 15.5 Å². The van der Waals surface area contributed by atoms with Gasteiger partial charge in [-0.05, 0) is 56.8 Å². The van der Waals surface area contributed by atoms with E-state index in [0.717, 1.165) is 72.2 Å². The molecule has 1 saturated heterocycles. The molecule has 4 heterocycles. The minimum atomic E-state index is 0.453. The first-order valence-corrected chi connectivity index (χ1v) is 13.2. The summed E-state index contributed by atoms with van der Waals surface area (Å²) in [6, 6.07) is 12.4. The molecule has 0 amide bonds. The number of nitrogens with one attached hydrogen (secondary N) is 1. The molecule has 0 aliphatic carbocycles. The number of nitrogens with zero attached hydrogens (tertiary/aromatic N) is 5. The van der Waals surface area contributed by atoms with Crippen molar-refractivity contribution in [2.45, 2.75) is 25.4 Å². The van der Waals surface area contributed by atoms with Gasteiger partial charge in [-0.3, -0.25) is 4.79 Å². The zero-order chi connectivity index (χ0) is 27.3. The first-order valence-electron chi connectivity index (χ1n) is 13.2. The number of rotatable bonds is 8. The number of carbonyl (C=O) groups is 1. The Bertz CT molecular complexity index is 1600. The number of ether oxygens (including phenoxy) is 1. The summed E-state index contributed by atoms with van der Waals surface area (Å²) in [5.74, 6) is 1.13. The van der Waals surface area contributed by atoms with Crippen molar-refractivity contribution >= 4 is 45.8 Å². The molecule has 2 aliphatic rings. The molecule has 3 N–H and O–H groups in total. The first kappa shape index (κ1) is 24.9. The average molecular weight is 524 g/mol. The molecule has 0 saturated carbocycles. The van der Waals surface area contributed by atoms with Crippen molar-refractivity contribution < 1.29 is 9.53 Å². The smallest absolute Gasteiger partial charge is 0.227 e. The van der Waals surface area contributed by atoms with Gasteiger partial charge in [0.2, 0.25) is 5.95 Å². The number of anilines is 4. The molecule has 2 aromatic carbocycles. The number of nitrogens with two attached hydrogens (primary N) is 1. The quantitative estimate of drug-likeness (QED) is 0.200. The predicted octanol–water partition coefficient (Wildman–Crippen LogP) is 4.34. The first-order chi connectivity index (χ1) is 18.9. The number of carbonyl (C=O) groups excluding carboxylic acids is 1. The van der Waals surface area contributed by atoms with Gasteiger partial charge in [-0.25, -0.2) is 9.97 Å². The highest BCUT2D eigenvalue weighted by atomic mass is 16.5. The van der Waals surface area contributed by atoms with Crippen molar-refractivity contribution in [3.05, 3.63) is 60.4 Å². The molecule has 9 heteroatoms. The Labute approximate surface area is 227 Å². The fraction of sp³-hybridized carbons (Fsp3) is 0.300. The van der Waals surface area contributed by atoms with Crippen LogP contribution in [0.5, 0.6) is 5.75 Å². The van der Waals surface area contributed by atoms with Crippen LogP contribution in [0.1, 0.15) is 17.7 Å². The van der Waals surface area contributed by atoms with Crippen molar-refractivity contribution in [3.63, 3.8) is 0 Å². The molecule has 4 aromatic rings. The summed E-state index contributed by atoms with van der Waals surface area (Å²) in [5.41, 5.74) is 14.4. The van der Waals surface area contributed by atoms with Crippen molar-refractivity contribution in [3.8, 4) is 17.0 Å². The molecule has 0 bridgehead atoms. The van der Waals surface area contributed by atoms with Gasteiger partial charge in [0.1, 0.15) is 12.0 Å². The lowest BCUT2D eigenvalue weighted by molar-refractivity contribution is -0.103. The topological polar surface area (TPSA) is 102 Å². The van der Waals surface area contributed by atoms with Crippen LogP contribution < -0.4 is 20.7 Å². The summed E-state index contributed by atoms with van der Waals surface area (Å²) in [6.07, 6.45) is 4.61. The molecule has 6 rings (SSSR count). The van der Waals surface area contributed by atoms with E-state index in [9.17, 15) is 4.79 Å². The lowest BCUT2D eigenvalue weighted by atomic mass is 10.0. The van der Waals surface area contributed by atoms with Crippen LogP contribution in [0.25, 0.3) is 27.7 Å². The molecule has 0 atom stereocenters. The van der Waals surface area contributed by atoms with E-state index in [0.29, 0.717) is 34.7 Å². The monoisotopic (exact) mass is 523 g/mol. The van der Waals surface area contributed by atoms with E-state index < -0.39 is 0 Å². The number of allylic oxidation sites excluding steroid dienone is 1. The molecule has 0 spiro atoms. The number of methoxy groups -OCH3 is 1. The van der Waals surface area contributed by atoms with E-state index in [1.165, 1.54) is 5.69 Å². The Morgan fingerprint density at radius 1 is 1.23 bits per heavy atom. The molecule has 0 unspecified atom stereocenters. The van der Waals surface area contributed by atoms with Crippen molar-refractivity contribution in [2.75, 3.05) is 50.2 Å². The molecule has 39 heavy (non-hydrogen) atoms. The van der Waals surface area contributed by atoms with E-state index >= 15 is 0 Å². The van der Waals surface area contributed by atoms with Gasteiger partial charge in [-0.2, -0.15) is 0 Å². The molecule has 9 nitrogen and oxygen atoms in total. The van der Waals surface area contributed by atoms with Gasteiger partial charge in [0.15, 0.2) is 0 Å². The number of fused-ring (bicyclic) bond motifs is 3. The molecule has 2 aromatic heterocycles. The summed E-state index contributed by atoms with van der Waals surface area (Å²) < 4.78 is 8.08. The van der Waals surface area contributed by atoms with E-state index in [1.807, 2.05) is 30.3 Å². The van der Waals surface area contributed by atoms with Gasteiger partial charge in [0.25, 0.3) is 0 Å². The summed E-state index contributed by atoms with van der Waals surface area (Å²) >= 11 is 0. The summed E-state index contributed by atoms with van der Waals surface area (Å²) in [7, 11) is 5.84. The van der Waals surface area contributed by atoms with Gasteiger partial charge in [0.05, 0.1) is 29.9 Å². The van der Waals surface area contributed by atoms with Crippen molar-refractivity contribution in [1.82, 2.24) is 19.4 Å². The third-order valence-electron chi connectivity index (χ3n) is 7.92. The number of hydrogen-bond donors (Lipinski definition) is 2. The van der Waals surface area contributed by atoms with Crippen LogP contribution in [0.15, 0.2) is 49.2 Å². The number of nitrogen functional groups attached to an aromatic ring is 1. The SMILES string of the molecule is C=C(C=O)c1ccc2c(c1)c(-c1ccnc(Nc3cc(N)c(N4CC(N(C)C)C4)cc3OC)n1)c1n2CCC1. The number of aldehydes is 1. The van der Waals surface area contributed by atoms with Gasteiger partial charge in [-0.1, -0.05) is 12.6 Å². The molecular weight excluding hydrogens is 490 g/mol. The Kier molecular flexibility index (Phi) is 6.23. The van der Waals surface area contributed by atoms with Gasteiger partial charge >= 0.3 is 0 Å². The number of likely N-dealkylation sites (N-methyl/N-ethyl adjacent to an activating group) is 1. The number of aromatic nitrogens is 3. The van der Waals surface area contributed by atoms with Gasteiger partial charge in [0, 0.05) is 65.7 Å². The van der Waals surface area contributed by atoms with E-state index in [1.54, 1.807) is 13.3 Å². The fourth-order valence-corrected chi connectivity index (χ4v) is 5.66. The Morgan fingerprint density at radius 2 is 2.05 bits per heavy atom. The molecule has 2 aliphatic heterocycles. The number of aryl methyl sites for hydroxylation is 1. The highest BCUT2D eigenvalue weighted by Gasteiger charge is 2.30. The fourth-order valence-electron chi connectivity index (χ4n) is 5.66. The van der Waals surface area contributed by atoms with Crippen LogP contribution >= 0.6 is 0 Å². The lowest BCUT2D eigenvalue weighted by Crippen LogP contribution is -2.57. The summed E-state index contributed by atoms with van der Waals surface area (Å²) in [6.45, 7) is 6.72. The van der Waals surface area contributed by atoms with E-state index in [-0.39, 0.29) is 0 Å². The molecular formula is C30H33N7O2. The summed E-state index contributed by atoms with van der Waals surface area (Å²) in [4.78, 5) is 25.3. The highest BCUT2D eigenvalue weighted by Crippen LogP contribution is 2.41. The van der Waals surface area contributed by atoms with Crippen molar-refractivity contribution in [2.24, 2.45) is 0 Å². The minimum Gasteiger partial charge on any atom is -0.494 e. The maximum atomic E-state index is 11.4. The standard InChI is InChI=1S/C30H33N7O2/c1-18(17-38)19-7-8-25-21(12-19)29(26-6-5-11-37(25)26)23-9-10-32-30(33-23)34-24-13-22(31)27(14-28(24)39-4)36-15-20(16-36)35(2)3/h7-10,12-14,17,20H,1,5-6,11,15-16,31H2,2-4H3,(H,32,33,34). The van der Waals surface area contributed by atoms with Crippen LogP contribution in [0.2, 0.25) is 0 Å². The van der Waals surface area contributed by atoms with Gasteiger partial charge in [-0.15, -0.1) is 0 Å². The average Bonchev–Trinajstić information content (AvgIpc) is 3.49. The van der Waals surface area contributed by atoms with Crippen LogP contribution in [0, 0.1) is 0 Å². The lowest BCUT2D eigenvalue weighted by Gasteiger charge is -2.44. The predicted molar refractivity (Wildman–Crippen MR) is 157 cm³/mol. The third-order valence-corrected chi connectivity index (χ3v) is 7.92. The zero-order valence-corrected chi connectivity index (χ0v) is 22.6. The molecule has 1 fully saturated rings. The zero-order valence-electron chi connectivity index (χ0n) is 22.6. The Balaban J connectivity index is 1.35. The normalized spacial score (nSPS) is 14.9. The third kappa shape index (κ3) is 4.28. The molecule has 0 radical (unpaired) electrons. The second-order valence-corrected chi connectivity index (χ2v) is 10.5. The van der Waals surface area contributed by atoms with E-state index in [2.05, 4.69) is 51.4 Å². The van der Waals surface area contributed by atoms with Crippen molar-refractivity contribution in [1.29, 1.82) is 0 Å². The Morgan fingerprint density at radius 3 is 2.79 bits per heavy atom. The maximum Gasteiger partial charge on any atom is 0.227 e. The second kappa shape index (κ2) is 9.74. The highest BCUT2D eigenvalue weighted by molar-refractivity contribution is 6.08.